The second kappa shape index (κ2) is 1.71. The van der Waals surface area contributed by atoms with Crippen molar-refractivity contribution >= 4 is 11.8 Å². The molecule has 0 aromatic carbocycles. The molecule has 54 valence electrons. The van der Waals surface area contributed by atoms with Crippen molar-refractivity contribution in [2.45, 2.75) is 12.5 Å². The fourth-order valence-corrected chi connectivity index (χ4v) is 0.681. The molecule has 0 aliphatic carbocycles. The van der Waals surface area contributed by atoms with Crippen LogP contribution < -0.4 is 5.32 Å². The zero-order valence-corrected chi connectivity index (χ0v) is 5.46. The van der Waals surface area contributed by atoms with Gasteiger partial charge in [0.05, 0.1) is 6.54 Å². The first-order valence-corrected chi connectivity index (χ1v) is 3.36. The summed E-state index contributed by atoms with van der Waals surface area (Å²) < 4.78 is 0. The highest BCUT2D eigenvalue weighted by atomic mass is 16.2. The number of rotatable bonds is 0. The van der Waals surface area contributed by atoms with Crippen molar-refractivity contribution in [1.82, 2.24) is 10.2 Å². The van der Waals surface area contributed by atoms with Gasteiger partial charge in [-0.05, 0) is 0 Å². The number of carbonyl (C=O) groups excluding carboxylic acids is 2. The maximum absolute atomic E-state index is 9.86. The summed E-state index contributed by atoms with van der Waals surface area (Å²) in [5.41, 5.74) is 0. The van der Waals surface area contributed by atoms with Crippen LogP contribution in [0.25, 0.3) is 0 Å². The topological polar surface area (TPSA) is 49.2 Å². The number of carbonyl (C=O) groups is 2. The van der Waals surface area contributed by atoms with Crippen LogP contribution in [-0.2, 0) is 9.59 Å². The van der Waals surface area contributed by atoms with Gasteiger partial charge >= 0.3 is 0 Å². The molecular weight excluding hydrogens is 132 g/mol. The Bertz CT molecular complexity index is 184. The minimum absolute atomic E-state index is 0.185. The first-order valence-electron chi connectivity index (χ1n) is 3.36. The molecule has 0 bridgehead atoms. The van der Waals surface area contributed by atoms with E-state index in [-0.39, 0.29) is 5.91 Å². The van der Waals surface area contributed by atoms with Gasteiger partial charge in [-0.1, -0.05) is 0 Å². The highest BCUT2D eigenvalue weighted by Gasteiger charge is 2.61. The van der Waals surface area contributed by atoms with Crippen LogP contribution >= 0.6 is 0 Å². The molecule has 1 atom stereocenters. The predicted octanol–water partition coefficient (Wildman–Crippen LogP) is -1.28. The average Bonchev–Trinajstić information content (AvgIpc) is 2.70. The Balaban J connectivity index is 0.0000000807. The van der Waals surface area contributed by atoms with Crippen molar-refractivity contribution < 1.29 is 9.59 Å². The van der Waals surface area contributed by atoms with Gasteiger partial charge in [-0.2, -0.15) is 0 Å². The monoisotopic (exact) mass is 140 g/mol. The molecular formula is C6H8N2O2. The van der Waals surface area contributed by atoms with E-state index in [4.69, 9.17) is 0 Å². The van der Waals surface area contributed by atoms with Gasteiger partial charge in [0.25, 0.3) is 0 Å². The Hall–Kier alpha value is -1.06. The molecule has 2 amide bonds. The number of hydrogen-bond acceptors (Lipinski definition) is 2. The van der Waals surface area contributed by atoms with Gasteiger partial charge in [-0.3, -0.25) is 9.59 Å². The summed E-state index contributed by atoms with van der Waals surface area (Å²) in [4.78, 5) is 21.5. The quantitative estimate of drug-likeness (QED) is 0.336. The first kappa shape index (κ1) is 5.70. The maximum atomic E-state index is 9.86. The van der Waals surface area contributed by atoms with E-state index in [0.717, 1.165) is 19.5 Å². The summed E-state index contributed by atoms with van der Waals surface area (Å²) in [7, 11) is 0. The van der Waals surface area contributed by atoms with E-state index < -0.39 is 0 Å². The van der Waals surface area contributed by atoms with Crippen molar-refractivity contribution in [3.05, 3.63) is 0 Å². The molecule has 3 rings (SSSR count). The van der Waals surface area contributed by atoms with Crippen LogP contribution in [0, 0.1) is 0 Å². The van der Waals surface area contributed by atoms with E-state index in [0.29, 0.717) is 11.9 Å². The standard InChI is InChI=1S/C3H3NO.C3H5NO/c5-3-2-1-4(2)3;5-3-1-2-4-3/h2H,1H2;1-2H2,(H,4,5). The molecule has 0 aromatic rings. The molecule has 4 nitrogen and oxygen atoms in total. The lowest BCUT2D eigenvalue weighted by Crippen LogP contribution is -2.37. The highest BCUT2D eigenvalue weighted by Crippen LogP contribution is 2.35. The maximum Gasteiger partial charge on any atom is 0.248 e. The normalized spacial score (nSPS) is 30.8. The molecule has 1 unspecified atom stereocenters. The van der Waals surface area contributed by atoms with E-state index >= 15 is 0 Å². The number of nitrogens with one attached hydrogen (secondary N) is 1. The molecule has 3 saturated heterocycles. The third kappa shape index (κ3) is 0.853. The summed E-state index contributed by atoms with van der Waals surface area (Å²) in [6.07, 6.45) is 0.736. The van der Waals surface area contributed by atoms with Crippen molar-refractivity contribution in [2.24, 2.45) is 0 Å². The van der Waals surface area contributed by atoms with Crippen LogP contribution in [0.4, 0.5) is 0 Å². The number of amides is 2. The van der Waals surface area contributed by atoms with Gasteiger partial charge in [0, 0.05) is 13.0 Å². The molecule has 3 aliphatic heterocycles. The van der Waals surface area contributed by atoms with Crippen LogP contribution in [0.3, 0.4) is 0 Å². The Morgan fingerprint density at radius 2 is 1.90 bits per heavy atom. The van der Waals surface area contributed by atoms with Gasteiger partial charge in [0.1, 0.15) is 6.04 Å². The molecule has 1 N–H and O–H groups in total. The zero-order valence-electron chi connectivity index (χ0n) is 5.46. The molecule has 0 radical (unpaired) electrons. The zero-order chi connectivity index (χ0) is 7.14. The van der Waals surface area contributed by atoms with Gasteiger partial charge < -0.3 is 10.2 Å². The highest BCUT2D eigenvalue weighted by molar-refractivity contribution is 6.04. The van der Waals surface area contributed by atoms with E-state index in [2.05, 4.69) is 5.32 Å². The first-order chi connectivity index (χ1) is 4.79. The molecule has 0 saturated carbocycles. The van der Waals surface area contributed by atoms with Crippen molar-refractivity contribution in [2.75, 3.05) is 13.1 Å². The van der Waals surface area contributed by atoms with Crippen LogP contribution in [0.1, 0.15) is 6.42 Å². The minimum Gasteiger partial charge on any atom is -0.356 e. The summed E-state index contributed by atoms with van der Waals surface area (Å²) in [6, 6.07) is 0.412. The fourth-order valence-electron chi connectivity index (χ4n) is 0.681. The lowest BCUT2D eigenvalue weighted by molar-refractivity contribution is -0.125. The number of hydrogen-bond donors (Lipinski definition) is 1. The van der Waals surface area contributed by atoms with E-state index in [1.54, 1.807) is 0 Å². The van der Waals surface area contributed by atoms with Gasteiger partial charge in [0.15, 0.2) is 0 Å². The number of nitrogens with zero attached hydrogens (tertiary/aromatic N) is 1. The second-order valence-corrected chi connectivity index (χ2v) is 2.61. The summed E-state index contributed by atoms with van der Waals surface area (Å²) in [6.45, 7) is 1.94. The van der Waals surface area contributed by atoms with E-state index in [1.165, 1.54) is 0 Å². The third-order valence-corrected chi connectivity index (χ3v) is 1.79. The lowest BCUT2D eigenvalue weighted by Gasteiger charge is -2.10. The lowest BCUT2D eigenvalue weighted by atomic mass is 10.3. The Kier molecular flexibility index (Phi) is 0.977. The van der Waals surface area contributed by atoms with E-state index in [9.17, 15) is 9.59 Å². The Morgan fingerprint density at radius 3 is 1.90 bits per heavy atom. The van der Waals surface area contributed by atoms with Crippen molar-refractivity contribution in [1.29, 1.82) is 0 Å². The molecule has 3 fully saturated rings. The second-order valence-electron chi connectivity index (χ2n) is 2.61. The van der Waals surface area contributed by atoms with Gasteiger partial charge in [0.2, 0.25) is 11.8 Å². The van der Waals surface area contributed by atoms with Crippen LogP contribution in [-0.4, -0.2) is 35.8 Å². The molecule has 10 heavy (non-hydrogen) atoms. The molecule has 0 aromatic heterocycles. The minimum atomic E-state index is 0.185. The van der Waals surface area contributed by atoms with Crippen molar-refractivity contribution in [3.63, 3.8) is 0 Å². The van der Waals surface area contributed by atoms with Crippen LogP contribution in [0.5, 0.6) is 0 Å². The van der Waals surface area contributed by atoms with Crippen molar-refractivity contribution in [3.8, 4) is 0 Å². The van der Waals surface area contributed by atoms with Crippen LogP contribution in [0.15, 0.2) is 0 Å². The smallest absolute Gasteiger partial charge is 0.248 e. The van der Waals surface area contributed by atoms with E-state index in [1.807, 2.05) is 4.90 Å². The summed E-state index contributed by atoms with van der Waals surface area (Å²) >= 11 is 0. The van der Waals surface area contributed by atoms with Gasteiger partial charge in [-0.25, -0.2) is 0 Å². The predicted molar refractivity (Wildman–Crippen MR) is 33.1 cm³/mol. The average molecular weight is 140 g/mol. The molecule has 3 heterocycles. The Labute approximate surface area is 58.2 Å². The van der Waals surface area contributed by atoms with Gasteiger partial charge in [-0.15, -0.1) is 0 Å². The number of β-lactam (4-membered cyclic amide) rings is 2. The largest absolute Gasteiger partial charge is 0.356 e. The fraction of sp³-hybridized carbons (Fsp3) is 0.667. The molecule has 4 heteroatoms. The SMILES string of the molecule is O=C1C2CN12.O=C1CCN1. The Morgan fingerprint density at radius 1 is 1.50 bits per heavy atom. The number of fused-ring (bicyclic) bond motifs is 1. The summed E-state index contributed by atoms with van der Waals surface area (Å²) in [5, 5.41) is 2.57. The summed E-state index contributed by atoms with van der Waals surface area (Å²) in [5.74, 6) is 0.537. The third-order valence-electron chi connectivity index (χ3n) is 1.79. The molecule has 0 spiro atoms. The molecule has 3 aliphatic rings. The van der Waals surface area contributed by atoms with Crippen LogP contribution in [0.2, 0.25) is 0 Å².